The van der Waals surface area contributed by atoms with Gasteiger partial charge in [0.25, 0.3) is 0 Å². The molecular formula is C28H28Cl2N6O3. The van der Waals surface area contributed by atoms with Gasteiger partial charge in [0.05, 0.1) is 31.3 Å². The highest BCUT2D eigenvalue weighted by Gasteiger charge is 2.35. The molecule has 2 aromatic carbocycles. The van der Waals surface area contributed by atoms with E-state index in [0.29, 0.717) is 44.3 Å². The van der Waals surface area contributed by atoms with Gasteiger partial charge in [-0.25, -0.2) is 14.8 Å². The molecule has 1 saturated heterocycles. The molecule has 5 rings (SSSR count). The summed E-state index contributed by atoms with van der Waals surface area (Å²) in [5, 5.41) is 10.3. The Bertz CT molecular complexity index is 1380. The number of carbonyl (C=O) groups excluding carboxylic acids is 1. The summed E-state index contributed by atoms with van der Waals surface area (Å²) in [4.78, 5) is 28.0. The third kappa shape index (κ3) is 6.19. The van der Waals surface area contributed by atoms with Gasteiger partial charge in [-0.1, -0.05) is 41.9 Å². The molecule has 0 unspecified atom stereocenters. The van der Waals surface area contributed by atoms with Crippen molar-refractivity contribution in [3.63, 3.8) is 0 Å². The minimum absolute atomic E-state index is 0.173. The molecule has 3 heterocycles. The number of aromatic nitrogens is 2. The van der Waals surface area contributed by atoms with Crippen LogP contribution in [0.4, 0.5) is 10.6 Å². The van der Waals surface area contributed by atoms with Gasteiger partial charge in [-0.2, -0.15) is 5.26 Å². The van der Waals surface area contributed by atoms with Crippen LogP contribution in [0.2, 0.25) is 10.3 Å². The van der Waals surface area contributed by atoms with Gasteiger partial charge in [0.1, 0.15) is 18.2 Å². The number of nitrogens with zero attached hydrogens (tertiary/aromatic N) is 6. The molecule has 1 fully saturated rings. The molecule has 0 N–H and O–H groups in total. The Balaban J connectivity index is 1.30. The number of piperazine rings is 1. The van der Waals surface area contributed by atoms with Crippen molar-refractivity contribution < 1.29 is 14.3 Å². The molecule has 0 radical (unpaired) electrons. The number of fused-ring (bicyclic) bond motifs is 1. The smallest absolute Gasteiger partial charge is 0.410 e. The highest BCUT2D eigenvalue weighted by atomic mass is 35.5. The third-order valence-electron chi connectivity index (χ3n) is 6.99. The Labute approximate surface area is 237 Å². The van der Waals surface area contributed by atoms with Crippen molar-refractivity contribution in [2.45, 2.75) is 38.7 Å². The summed E-state index contributed by atoms with van der Waals surface area (Å²) in [5.74, 6) is 1.49. The van der Waals surface area contributed by atoms with Crippen LogP contribution in [0.3, 0.4) is 0 Å². The summed E-state index contributed by atoms with van der Waals surface area (Å²) >= 11 is 12.8. The lowest BCUT2D eigenvalue weighted by Crippen LogP contribution is -2.55. The normalized spacial score (nSPS) is 17.0. The van der Waals surface area contributed by atoms with Crippen molar-refractivity contribution in [3.05, 3.63) is 81.2 Å². The van der Waals surface area contributed by atoms with Crippen LogP contribution in [0.15, 0.2) is 48.5 Å². The van der Waals surface area contributed by atoms with Gasteiger partial charge in [0, 0.05) is 49.9 Å². The lowest BCUT2D eigenvalue weighted by atomic mass is 10.1. The first-order valence-electron chi connectivity index (χ1n) is 12.6. The number of rotatable bonds is 7. The van der Waals surface area contributed by atoms with Crippen LogP contribution in [0, 0.1) is 11.3 Å². The topological polar surface area (TPSA) is 94.8 Å². The predicted molar refractivity (Wildman–Crippen MR) is 148 cm³/mol. The van der Waals surface area contributed by atoms with Crippen LogP contribution >= 0.6 is 23.2 Å². The highest BCUT2D eigenvalue weighted by molar-refractivity contribution is 6.31. The Hall–Kier alpha value is -3.58. The molecule has 1 atom stereocenters. The summed E-state index contributed by atoms with van der Waals surface area (Å²) in [7, 11) is 1.63. The fraction of sp³-hybridized carbons (Fsp3) is 0.357. The standard InChI is InChI=1S/C28H28Cl2N6O3/c1-38-22-7-8-24(29)20(13-22)14-34-16-23-25(17-34)32-27(30)33-26(23)35-11-12-36(21(15-35)9-10-31)28(37)39-18-19-5-3-2-4-6-19/h2-8,13,21H,9,11-12,14-18H2,1H3/t21-/m0/s1. The van der Waals surface area contributed by atoms with E-state index in [1.807, 2.05) is 48.5 Å². The van der Waals surface area contributed by atoms with Crippen molar-refractivity contribution in [2.75, 3.05) is 31.6 Å². The molecule has 1 amide bonds. The van der Waals surface area contributed by atoms with Gasteiger partial charge in [-0.3, -0.25) is 4.90 Å². The lowest BCUT2D eigenvalue weighted by molar-refractivity contribution is 0.0768. The zero-order valence-corrected chi connectivity index (χ0v) is 23.0. The number of amides is 1. The number of methoxy groups -OCH3 is 1. The van der Waals surface area contributed by atoms with Gasteiger partial charge in [-0.15, -0.1) is 0 Å². The third-order valence-corrected chi connectivity index (χ3v) is 7.53. The fourth-order valence-electron chi connectivity index (χ4n) is 5.06. The minimum atomic E-state index is -0.425. The van der Waals surface area contributed by atoms with Crippen molar-refractivity contribution in [3.8, 4) is 11.8 Å². The predicted octanol–water partition coefficient (Wildman–Crippen LogP) is 5.05. The number of nitriles is 1. The highest BCUT2D eigenvalue weighted by Crippen LogP contribution is 2.34. The molecule has 0 spiro atoms. The largest absolute Gasteiger partial charge is 0.497 e. The molecule has 1 aromatic heterocycles. The van der Waals surface area contributed by atoms with Gasteiger partial charge in [0.15, 0.2) is 0 Å². The summed E-state index contributed by atoms with van der Waals surface area (Å²) in [5.41, 5.74) is 3.73. The van der Waals surface area contributed by atoms with Gasteiger partial charge in [-0.05, 0) is 40.9 Å². The maximum atomic E-state index is 12.9. The molecule has 202 valence electrons. The maximum absolute atomic E-state index is 12.9. The lowest BCUT2D eigenvalue weighted by Gasteiger charge is -2.40. The van der Waals surface area contributed by atoms with E-state index in [2.05, 4.69) is 25.8 Å². The first kappa shape index (κ1) is 27.0. The molecular weight excluding hydrogens is 539 g/mol. The molecule has 3 aromatic rings. The Morgan fingerprint density at radius 2 is 1.95 bits per heavy atom. The van der Waals surface area contributed by atoms with Crippen molar-refractivity contribution >= 4 is 35.1 Å². The quantitative estimate of drug-likeness (QED) is 0.367. The number of benzene rings is 2. The average Bonchev–Trinajstić information content (AvgIpc) is 3.35. The Morgan fingerprint density at radius 1 is 1.13 bits per heavy atom. The van der Waals surface area contributed by atoms with Crippen LogP contribution < -0.4 is 9.64 Å². The van der Waals surface area contributed by atoms with Crippen LogP contribution in [0.25, 0.3) is 0 Å². The zero-order chi connectivity index (χ0) is 27.4. The summed E-state index contributed by atoms with van der Waals surface area (Å²) in [6.07, 6.45) is -0.246. The summed E-state index contributed by atoms with van der Waals surface area (Å²) < 4.78 is 10.9. The van der Waals surface area contributed by atoms with E-state index in [1.54, 1.807) is 12.0 Å². The molecule has 11 heteroatoms. The number of ether oxygens (including phenoxy) is 2. The number of hydrogen-bond donors (Lipinski definition) is 0. The number of anilines is 1. The van der Waals surface area contributed by atoms with E-state index in [-0.39, 0.29) is 24.4 Å². The molecule has 9 nitrogen and oxygen atoms in total. The van der Waals surface area contributed by atoms with E-state index >= 15 is 0 Å². The van der Waals surface area contributed by atoms with Crippen LogP contribution in [-0.4, -0.2) is 58.6 Å². The summed E-state index contributed by atoms with van der Waals surface area (Å²) in [6.45, 7) is 3.39. The maximum Gasteiger partial charge on any atom is 0.410 e. The first-order chi connectivity index (χ1) is 18.9. The fourth-order valence-corrected chi connectivity index (χ4v) is 5.42. The van der Waals surface area contributed by atoms with Crippen molar-refractivity contribution in [1.82, 2.24) is 19.8 Å². The second kappa shape index (κ2) is 12.1. The van der Waals surface area contributed by atoms with E-state index in [4.69, 9.17) is 32.7 Å². The Morgan fingerprint density at radius 3 is 2.72 bits per heavy atom. The van der Waals surface area contributed by atoms with E-state index < -0.39 is 6.09 Å². The number of carbonyl (C=O) groups is 1. The molecule has 39 heavy (non-hydrogen) atoms. The van der Waals surface area contributed by atoms with Gasteiger partial charge in [0.2, 0.25) is 5.28 Å². The van der Waals surface area contributed by atoms with Crippen LogP contribution in [-0.2, 0) is 31.0 Å². The molecule has 0 aliphatic carbocycles. The van der Waals surface area contributed by atoms with Crippen LogP contribution in [0.1, 0.15) is 28.8 Å². The SMILES string of the molecule is COc1ccc(Cl)c(CN2Cc3nc(Cl)nc(N4CCN(C(=O)OCc5ccccc5)[C@@H](CC#N)C4)c3C2)c1. The number of halogens is 2. The minimum Gasteiger partial charge on any atom is -0.497 e. The second-order valence-electron chi connectivity index (χ2n) is 9.54. The summed E-state index contributed by atoms with van der Waals surface area (Å²) in [6, 6.07) is 17.0. The van der Waals surface area contributed by atoms with Gasteiger partial charge >= 0.3 is 6.09 Å². The Kier molecular flexibility index (Phi) is 8.36. The monoisotopic (exact) mass is 566 g/mol. The first-order valence-corrected chi connectivity index (χ1v) is 13.4. The molecule has 2 aliphatic rings. The average molecular weight is 567 g/mol. The van der Waals surface area contributed by atoms with Crippen molar-refractivity contribution in [2.24, 2.45) is 0 Å². The zero-order valence-electron chi connectivity index (χ0n) is 21.5. The van der Waals surface area contributed by atoms with Crippen LogP contribution in [0.5, 0.6) is 5.75 Å². The molecule has 0 saturated carbocycles. The number of hydrogen-bond acceptors (Lipinski definition) is 8. The molecule has 2 aliphatic heterocycles. The molecule has 0 bridgehead atoms. The van der Waals surface area contributed by atoms with Crippen molar-refractivity contribution in [1.29, 1.82) is 5.26 Å². The van der Waals surface area contributed by atoms with Gasteiger partial charge < -0.3 is 19.3 Å². The van der Waals surface area contributed by atoms with E-state index in [0.717, 1.165) is 34.0 Å². The van der Waals surface area contributed by atoms with E-state index in [1.165, 1.54) is 0 Å². The second-order valence-corrected chi connectivity index (χ2v) is 10.3. The van der Waals surface area contributed by atoms with E-state index in [9.17, 15) is 10.1 Å².